The Hall–Kier alpha value is -1.89. The van der Waals surface area contributed by atoms with E-state index in [0.29, 0.717) is 60.5 Å². The molecule has 0 fully saturated rings. The Kier molecular flexibility index (Phi) is 19.7. The van der Waals surface area contributed by atoms with Gasteiger partial charge in [0.05, 0.1) is 26.4 Å². The molecule has 236 valence electrons. The SMILES string of the molecule is [C-]#[N+]c1cc(OCC[C@@H](C)CCCC(C)C)c(OCC[C@@H](C)CCCC(C)C)c(OCC[C@@H](C)CCCC(C)C)c1. The van der Waals surface area contributed by atoms with E-state index in [0.717, 1.165) is 37.0 Å². The Morgan fingerprint density at radius 2 is 0.854 bits per heavy atom. The van der Waals surface area contributed by atoms with E-state index >= 15 is 0 Å². The van der Waals surface area contributed by atoms with E-state index in [2.05, 4.69) is 67.2 Å². The lowest BCUT2D eigenvalue weighted by molar-refractivity contribution is 0.216. The van der Waals surface area contributed by atoms with Gasteiger partial charge in [-0.1, -0.05) is 120 Å². The molecule has 4 nitrogen and oxygen atoms in total. The van der Waals surface area contributed by atoms with Crippen LogP contribution in [-0.4, -0.2) is 19.8 Å². The van der Waals surface area contributed by atoms with Crippen molar-refractivity contribution >= 4 is 5.69 Å². The molecule has 0 N–H and O–H groups in total. The lowest BCUT2D eigenvalue weighted by Crippen LogP contribution is -2.10. The van der Waals surface area contributed by atoms with E-state index in [4.69, 9.17) is 20.8 Å². The first kappa shape index (κ1) is 37.1. The number of ether oxygens (including phenoxy) is 3. The predicted octanol–water partition coefficient (Wildman–Crippen LogP) is 11.9. The monoisotopic (exact) mass is 571 g/mol. The van der Waals surface area contributed by atoms with Gasteiger partial charge in [0.2, 0.25) is 5.75 Å². The summed E-state index contributed by atoms with van der Waals surface area (Å²) in [6.45, 7) is 30.3. The Bertz CT molecular complexity index is 794. The molecule has 0 aliphatic carbocycles. The van der Waals surface area contributed by atoms with Crippen LogP contribution in [0.3, 0.4) is 0 Å². The molecule has 1 aromatic carbocycles. The zero-order valence-electron chi connectivity index (χ0n) is 28.4. The summed E-state index contributed by atoms with van der Waals surface area (Å²) < 4.78 is 19.1. The van der Waals surface area contributed by atoms with Gasteiger partial charge in [0.25, 0.3) is 0 Å². The fourth-order valence-corrected chi connectivity index (χ4v) is 5.14. The molecule has 0 bridgehead atoms. The van der Waals surface area contributed by atoms with Gasteiger partial charge in [-0.2, -0.15) is 0 Å². The Balaban J connectivity index is 2.88. The summed E-state index contributed by atoms with van der Waals surface area (Å²) in [7, 11) is 0. The number of hydrogen-bond donors (Lipinski definition) is 0. The Labute approximate surface area is 255 Å². The standard InChI is InChI=1S/C37H65NO3/c1-28(2)14-11-17-31(7)20-23-39-35-26-34(38-10)27-36(40-24-21-32(8)18-12-15-29(3)4)37(35)41-25-22-33(9)19-13-16-30(5)6/h26-33H,11-25H2,1-9H3/t31-,32-,33-/m0/s1. The van der Waals surface area contributed by atoms with Crippen molar-refractivity contribution in [3.8, 4) is 17.2 Å². The molecular formula is C37H65NO3. The topological polar surface area (TPSA) is 32.0 Å². The highest BCUT2D eigenvalue weighted by Gasteiger charge is 2.18. The van der Waals surface area contributed by atoms with E-state index in [-0.39, 0.29) is 0 Å². The Morgan fingerprint density at radius 1 is 0.512 bits per heavy atom. The maximum Gasteiger partial charge on any atom is 0.200 e. The van der Waals surface area contributed by atoms with E-state index in [1.54, 1.807) is 0 Å². The van der Waals surface area contributed by atoms with E-state index in [9.17, 15) is 0 Å². The second kappa shape index (κ2) is 21.8. The van der Waals surface area contributed by atoms with Gasteiger partial charge in [0.1, 0.15) is 0 Å². The second-order valence-electron chi connectivity index (χ2n) is 14.1. The summed E-state index contributed by atoms with van der Waals surface area (Å²) in [6, 6.07) is 3.67. The van der Waals surface area contributed by atoms with Crippen molar-refractivity contribution in [3.63, 3.8) is 0 Å². The summed E-state index contributed by atoms with van der Waals surface area (Å²) in [5.74, 6) is 6.09. The minimum Gasteiger partial charge on any atom is -0.491 e. The molecule has 0 unspecified atom stereocenters. The largest absolute Gasteiger partial charge is 0.491 e. The molecule has 0 radical (unpaired) electrons. The summed E-state index contributed by atoms with van der Waals surface area (Å²) in [4.78, 5) is 3.72. The van der Waals surface area contributed by atoms with Gasteiger partial charge in [-0.15, -0.1) is 0 Å². The summed E-state index contributed by atoms with van der Waals surface area (Å²) in [6.07, 6.45) is 14.3. The van der Waals surface area contributed by atoms with Crippen molar-refractivity contribution in [3.05, 3.63) is 23.5 Å². The fraction of sp³-hybridized carbons (Fsp3) is 0.811. The number of benzene rings is 1. The molecule has 1 rings (SSSR count). The molecule has 41 heavy (non-hydrogen) atoms. The van der Waals surface area contributed by atoms with E-state index < -0.39 is 0 Å². The van der Waals surface area contributed by atoms with Gasteiger partial charge >= 0.3 is 0 Å². The zero-order chi connectivity index (χ0) is 30.6. The highest BCUT2D eigenvalue weighted by atomic mass is 16.5. The molecule has 4 heteroatoms. The molecule has 0 aliphatic rings. The van der Waals surface area contributed by atoms with Crippen LogP contribution in [0, 0.1) is 42.1 Å². The van der Waals surface area contributed by atoms with Crippen LogP contribution in [-0.2, 0) is 0 Å². The Morgan fingerprint density at radius 3 is 1.17 bits per heavy atom. The third kappa shape index (κ3) is 18.3. The molecule has 0 saturated heterocycles. The number of hydrogen-bond acceptors (Lipinski definition) is 3. The summed E-state index contributed by atoms with van der Waals surface area (Å²) in [5, 5.41) is 0. The van der Waals surface area contributed by atoms with Crippen LogP contribution in [0.25, 0.3) is 4.85 Å². The third-order valence-corrected chi connectivity index (χ3v) is 8.16. The molecule has 3 atom stereocenters. The van der Waals surface area contributed by atoms with Gasteiger partial charge < -0.3 is 14.2 Å². The van der Waals surface area contributed by atoms with Crippen LogP contribution in [0.2, 0.25) is 0 Å². The molecule has 0 heterocycles. The highest BCUT2D eigenvalue weighted by Crippen LogP contribution is 2.42. The number of rotatable bonds is 24. The molecule has 0 aliphatic heterocycles. The molecule has 0 saturated carbocycles. The van der Waals surface area contributed by atoms with Crippen molar-refractivity contribution in [1.82, 2.24) is 0 Å². The predicted molar refractivity (Wildman–Crippen MR) is 177 cm³/mol. The molecular weight excluding hydrogens is 506 g/mol. The van der Waals surface area contributed by atoms with Crippen LogP contribution in [0.4, 0.5) is 5.69 Å². The first-order valence-corrected chi connectivity index (χ1v) is 17.0. The summed E-state index contributed by atoms with van der Waals surface area (Å²) >= 11 is 0. The first-order valence-electron chi connectivity index (χ1n) is 17.0. The van der Waals surface area contributed by atoms with Crippen LogP contribution in [0.1, 0.15) is 139 Å². The van der Waals surface area contributed by atoms with Crippen LogP contribution < -0.4 is 14.2 Å². The van der Waals surface area contributed by atoms with Crippen molar-refractivity contribution in [2.24, 2.45) is 35.5 Å². The van der Waals surface area contributed by atoms with Crippen molar-refractivity contribution < 1.29 is 14.2 Å². The quantitative estimate of drug-likeness (QED) is 0.116. The minimum atomic E-state index is 0.541. The van der Waals surface area contributed by atoms with Crippen LogP contribution in [0.15, 0.2) is 12.1 Å². The van der Waals surface area contributed by atoms with Gasteiger partial charge in [0, 0.05) is 0 Å². The smallest absolute Gasteiger partial charge is 0.200 e. The van der Waals surface area contributed by atoms with E-state index in [1.165, 1.54) is 57.8 Å². The summed E-state index contributed by atoms with van der Waals surface area (Å²) in [5.41, 5.74) is 0.541. The first-order chi connectivity index (χ1) is 19.5. The average Bonchev–Trinajstić information content (AvgIpc) is 2.89. The normalized spacial score (nSPS) is 13.8. The maximum absolute atomic E-state index is 7.68. The second-order valence-corrected chi connectivity index (χ2v) is 14.1. The molecule has 1 aromatic rings. The van der Waals surface area contributed by atoms with Crippen molar-refractivity contribution in [2.75, 3.05) is 19.8 Å². The molecule has 0 spiro atoms. The molecule has 0 amide bonds. The average molecular weight is 572 g/mol. The van der Waals surface area contributed by atoms with Crippen molar-refractivity contribution in [1.29, 1.82) is 0 Å². The van der Waals surface area contributed by atoms with Gasteiger partial charge in [-0.25, -0.2) is 4.85 Å². The zero-order valence-corrected chi connectivity index (χ0v) is 28.4. The number of nitrogens with zero attached hydrogens (tertiary/aromatic N) is 1. The van der Waals surface area contributed by atoms with Gasteiger partial charge in [0.15, 0.2) is 17.2 Å². The molecule has 0 aromatic heterocycles. The van der Waals surface area contributed by atoms with Gasteiger partial charge in [-0.3, -0.25) is 0 Å². The van der Waals surface area contributed by atoms with Crippen molar-refractivity contribution in [2.45, 2.75) is 139 Å². The van der Waals surface area contributed by atoms with Gasteiger partial charge in [-0.05, 0) is 66.9 Å². The lowest BCUT2D eigenvalue weighted by Gasteiger charge is -2.20. The fourth-order valence-electron chi connectivity index (χ4n) is 5.14. The minimum absolute atomic E-state index is 0.541. The maximum atomic E-state index is 7.68. The van der Waals surface area contributed by atoms with Crippen LogP contribution in [0.5, 0.6) is 17.2 Å². The highest BCUT2D eigenvalue weighted by molar-refractivity contribution is 5.63. The van der Waals surface area contributed by atoms with Crippen LogP contribution >= 0.6 is 0 Å². The lowest BCUT2D eigenvalue weighted by atomic mass is 9.97. The third-order valence-electron chi connectivity index (χ3n) is 8.16. The van der Waals surface area contributed by atoms with E-state index in [1.807, 2.05) is 12.1 Å².